The van der Waals surface area contributed by atoms with Gasteiger partial charge in [0.05, 0.1) is 9.92 Å². The van der Waals surface area contributed by atoms with Gasteiger partial charge in [0.15, 0.2) is 11.1 Å². The summed E-state index contributed by atoms with van der Waals surface area (Å²) in [6, 6.07) is 4.95. The lowest BCUT2D eigenvalue weighted by Crippen LogP contribution is -1.91. The highest BCUT2D eigenvalue weighted by atomic mass is 35.5. The van der Waals surface area contributed by atoms with Crippen LogP contribution in [0.4, 0.5) is 0 Å². The van der Waals surface area contributed by atoms with E-state index in [0.29, 0.717) is 14.8 Å². The Morgan fingerprint density at radius 1 is 1.58 bits per heavy atom. The minimum Gasteiger partial charge on any atom is -0.302 e. The molecule has 1 atom stereocenters. The SMILES string of the molecule is CSc1c(Cl)cccc1S(=O)O. The summed E-state index contributed by atoms with van der Waals surface area (Å²) in [5.41, 5.74) is 0. The van der Waals surface area contributed by atoms with Gasteiger partial charge in [0, 0.05) is 4.90 Å². The Labute approximate surface area is 82.6 Å². The Balaban J connectivity index is 3.27. The molecule has 0 fully saturated rings. The second kappa shape index (κ2) is 4.28. The van der Waals surface area contributed by atoms with Crippen molar-refractivity contribution < 1.29 is 8.76 Å². The van der Waals surface area contributed by atoms with E-state index in [-0.39, 0.29) is 0 Å². The van der Waals surface area contributed by atoms with Crippen molar-refractivity contribution in [3.63, 3.8) is 0 Å². The van der Waals surface area contributed by atoms with Crippen LogP contribution in [0.3, 0.4) is 0 Å². The largest absolute Gasteiger partial charge is 0.302 e. The molecule has 1 aromatic carbocycles. The lowest BCUT2D eigenvalue weighted by molar-refractivity contribution is 0.562. The Bertz CT molecular complexity index is 314. The van der Waals surface area contributed by atoms with Gasteiger partial charge in [0.25, 0.3) is 0 Å². The fourth-order valence-electron chi connectivity index (χ4n) is 0.825. The smallest absolute Gasteiger partial charge is 0.187 e. The number of rotatable bonds is 2. The Morgan fingerprint density at radius 3 is 2.67 bits per heavy atom. The zero-order chi connectivity index (χ0) is 9.14. The third-order valence-corrected chi connectivity index (χ3v) is 3.44. The van der Waals surface area contributed by atoms with E-state index in [1.165, 1.54) is 11.8 Å². The van der Waals surface area contributed by atoms with E-state index >= 15 is 0 Å². The van der Waals surface area contributed by atoms with E-state index in [2.05, 4.69) is 0 Å². The Hall–Kier alpha value is -0.0300. The van der Waals surface area contributed by atoms with Crippen molar-refractivity contribution in [1.82, 2.24) is 0 Å². The summed E-state index contributed by atoms with van der Waals surface area (Å²) in [6.45, 7) is 0. The molecule has 0 radical (unpaired) electrons. The van der Waals surface area contributed by atoms with Crippen molar-refractivity contribution in [2.24, 2.45) is 0 Å². The summed E-state index contributed by atoms with van der Waals surface area (Å²) in [5, 5.41) is 0.516. The molecule has 0 saturated carbocycles. The molecule has 1 unspecified atom stereocenters. The van der Waals surface area contributed by atoms with Crippen LogP contribution in [0.1, 0.15) is 0 Å². The molecular formula is C7H7ClO2S2. The van der Waals surface area contributed by atoms with Crippen LogP contribution in [-0.4, -0.2) is 15.0 Å². The molecular weight excluding hydrogens is 216 g/mol. The lowest BCUT2D eigenvalue weighted by atomic mass is 10.4. The quantitative estimate of drug-likeness (QED) is 0.618. The van der Waals surface area contributed by atoms with Crippen LogP contribution < -0.4 is 0 Å². The predicted molar refractivity (Wildman–Crippen MR) is 52.3 cm³/mol. The first-order valence-electron chi connectivity index (χ1n) is 3.10. The second-order valence-corrected chi connectivity index (χ2v) is 4.18. The normalized spacial score (nSPS) is 12.9. The van der Waals surface area contributed by atoms with Gasteiger partial charge in [-0.25, -0.2) is 4.21 Å². The van der Waals surface area contributed by atoms with Gasteiger partial charge in [-0.05, 0) is 18.4 Å². The molecule has 0 saturated heterocycles. The molecule has 0 amide bonds. The molecule has 1 N–H and O–H groups in total. The molecule has 12 heavy (non-hydrogen) atoms. The average molecular weight is 223 g/mol. The monoisotopic (exact) mass is 222 g/mol. The summed E-state index contributed by atoms with van der Waals surface area (Å²) < 4.78 is 19.6. The Morgan fingerprint density at radius 2 is 2.25 bits per heavy atom. The number of hydrogen-bond donors (Lipinski definition) is 1. The minimum absolute atomic E-state index is 0.370. The van der Waals surface area contributed by atoms with E-state index in [4.69, 9.17) is 16.2 Å². The molecule has 0 aliphatic carbocycles. The third-order valence-electron chi connectivity index (χ3n) is 1.32. The molecule has 5 heteroatoms. The maximum atomic E-state index is 10.8. The molecule has 0 spiro atoms. The predicted octanol–water partition coefficient (Wildman–Crippen LogP) is 2.64. The summed E-state index contributed by atoms with van der Waals surface area (Å²) >= 11 is 5.22. The first-order chi connectivity index (χ1) is 5.66. The van der Waals surface area contributed by atoms with Crippen molar-refractivity contribution in [2.75, 3.05) is 6.26 Å². The van der Waals surface area contributed by atoms with Crippen LogP contribution in [0.15, 0.2) is 28.0 Å². The van der Waals surface area contributed by atoms with Crippen molar-refractivity contribution in [3.05, 3.63) is 23.2 Å². The summed E-state index contributed by atoms with van der Waals surface area (Å²) in [6.07, 6.45) is 1.82. The van der Waals surface area contributed by atoms with Crippen molar-refractivity contribution in [1.29, 1.82) is 0 Å². The average Bonchev–Trinajstić information content (AvgIpc) is 2.03. The highest BCUT2D eigenvalue weighted by molar-refractivity contribution is 7.99. The third kappa shape index (κ3) is 2.01. The fraction of sp³-hybridized carbons (Fsp3) is 0.143. The molecule has 66 valence electrons. The van der Waals surface area contributed by atoms with E-state index in [1.807, 2.05) is 6.26 Å². The van der Waals surface area contributed by atoms with Crippen molar-refractivity contribution in [2.45, 2.75) is 9.79 Å². The summed E-state index contributed by atoms with van der Waals surface area (Å²) in [7, 11) is 0. The van der Waals surface area contributed by atoms with Gasteiger partial charge in [-0.1, -0.05) is 17.7 Å². The van der Waals surface area contributed by atoms with Crippen LogP contribution in [0.5, 0.6) is 0 Å². The van der Waals surface area contributed by atoms with Gasteiger partial charge in [0.2, 0.25) is 0 Å². The van der Waals surface area contributed by atoms with Crippen LogP contribution in [0.2, 0.25) is 5.02 Å². The van der Waals surface area contributed by atoms with Gasteiger partial charge < -0.3 is 4.55 Å². The summed E-state index contributed by atoms with van der Waals surface area (Å²) in [5.74, 6) is 0. The molecule has 2 nitrogen and oxygen atoms in total. The first kappa shape index (κ1) is 10.1. The zero-order valence-corrected chi connectivity index (χ0v) is 8.67. The van der Waals surface area contributed by atoms with Crippen molar-refractivity contribution >= 4 is 34.4 Å². The van der Waals surface area contributed by atoms with Crippen LogP contribution >= 0.6 is 23.4 Å². The van der Waals surface area contributed by atoms with Gasteiger partial charge in [0.1, 0.15) is 0 Å². The van der Waals surface area contributed by atoms with E-state index in [0.717, 1.165) is 0 Å². The van der Waals surface area contributed by atoms with Crippen LogP contribution in [0.25, 0.3) is 0 Å². The molecule has 1 rings (SSSR count). The number of hydrogen-bond acceptors (Lipinski definition) is 2. The summed E-state index contributed by atoms with van der Waals surface area (Å²) in [4.78, 5) is 1.04. The van der Waals surface area contributed by atoms with Crippen LogP contribution in [0, 0.1) is 0 Å². The Kier molecular flexibility index (Phi) is 3.58. The van der Waals surface area contributed by atoms with Crippen molar-refractivity contribution in [3.8, 4) is 0 Å². The van der Waals surface area contributed by atoms with Gasteiger partial charge >= 0.3 is 0 Å². The highest BCUT2D eigenvalue weighted by Gasteiger charge is 2.09. The molecule has 0 aliphatic rings. The highest BCUT2D eigenvalue weighted by Crippen LogP contribution is 2.30. The number of thioether (sulfide) groups is 1. The molecule has 0 aromatic heterocycles. The van der Waals surface area contributed by atoms with Gasteiger partial charge in [-0.3, -0.25) is 0 Å². The maximum absolute atomic E-state index is 10.8. The lowest BCUT2D eigenvalue weighted by Gasteiger charge is -2.03. The number of benzene rings is 1. The number of halogens is 1. The van der Waals surface area contributed by atoms with E-state index < -0.39 is 11.1 Å². The molecule has 0 heterocycles. The van der Waals surface area contributed by atoms with Gasteiger partial charge in [-0.15, -0.1) is 11.8 Å². The fourth-order valence-corrected chi connectivity index (χ4v) is 2.75. The maximum Gasteiger partial charge on any atom is 0.187 e. The molecule has 0 aliphatic heterocycles. The zero-order valence-electron chi connectivity index (χ0n) is 6.28. The molecule has 1 aromatic rings. The van der Waals surface area contributed by atoms with E-state index in [9.17, 15) is 4.21 Å². The minimum atomic E-state index is -1.96. The standard InChI is InChI=1S/C7H7ClO2S2/c1-11-7-5(8)3-2-4-6(7)12(9)10/h2-4H,1H3,(H,9,10). The second-order valence-electron chi connectivity index (χ2n) is 2.02. The first-order valence-corrected chi connectivity index (χ1v) is 5.81. The topological polar surface area (TPSA) is 37.3 Å². The molecule has 0 bridgehead atoms. The van der Waals surface area contributed by atoms with Crippen LogP contribution in [-0.2, 0) is 11.1 Å². The van der Waals surface area contributed by atoms with E-state index in [1.54, 1.807) is 18.2 Å². The van der Waals surface area contributed by atoms with Gasteiger partial charge in [-0.2, -0.15) is 0 Å².